The third-order valence-electron chi connectivity index (χ3n) is 7.88. The van der Waals surface area contributed by atoms with Gasteiger partial charge in [0.25, 0.3) is 0 Å². The molecule has 2 unspecified atom stereocenters. The van der Waals surface area contributed by atoms with Crippen LogP contribution in [0.15, 0.2) is 60.7 Å². The molecule has 0 radical (unpaired) electrons. The Kier molecular flexibility index (Phi) is 6.92. The first-order chi connectivity index (χ1) is 15.5. The van der Waals surface area contributed by atoms with Gasteiger partial charge in [-0.3, -0.25) is 19.4 Å². The van der Waals surface area contributed by atoms with E-state index >= 15 is 0 Å². The fraction of sp³-hybridized carbons (Fsp3) is 0.500. The summed E-state index contributed by atoms with van der Waals surface area (Å²) in [7, 11) is 0. The summed E-state index contributed by atoms with van der Waals surface area (Å²) in [6.45, 7) is 7.48. The van der Waals surface area contributed by atoms with Gasteiger partial charge in [-0.15, -0.1) is 0 Å². The second-order valence-corrected chi connectivity index (χ2v) is 9.63. The first-order valence-corrected chi connectivity index (χ1v) is 12.2. The van der Waals surface area contributed by atoms with Crippen LogP contribution in [0, 0.1) is 0 Å². The molecule has 4 rings (SSSR count). The average molecular weight is 433 g/mol. The van der Waals surface area contributed by atoms with Gasteiger partial charge in [0.1, 0.15) is 11.1 Å². The van der Waals surface area contributed by atoms with Gasteiger partial charge in [-0.25, -0.2) is 0 Å². The van der Waals surface area contributed by atoms with Crippen LogP contribution in [-0.4, -0.2) is 58.6 Å². The van der Waals surface area contributed by atoms with Crippen molar-refractivity contribution in [3.05, 3.63) is 71.8 Å². The van der Waals surface area contributed by atoms with Gasteiger partial charge in [-0.1, -0.05) is 73.5 Å². The molecule has 0 spiro atoms. The fourth-order valence-electron chi connectivity index (χ4n) is 5.77. The van der Waals surface area contributed by atoms with E-state index in [1.807, 2.05) is 74.5 Å². The molecule has 0 aromatic heterocycles. The second-order valence-electron chi connectivity index (χ2n) is 9.63. The number of hydrogen-bond acceptors (Lipinski definition) is 4. The summed E-state index contributed by atoms with van der Waals surface area (Å²) in [6, 6.07) is 19.1. The lowest BCUT2D eigenvalue weighted by atomic mass is 9.67. The molecule has 2 aromatic rings. The Bertz CT molecular complexity index is 839. The monoisotopic (exact) mass is 432 g/mol. The van der Waals surface area contributed by atoms with Crippen LogP contribution >= 0.6 is 0 Å². The summed E-state index contributed by atoms with van der Waals surface area (Å²) < 4.78 is 0. The van der Waals surface area contributed by atoms with Crippen molar-refractivity contribution in [2.24, 2.45) is 0 Å². The largest absolute Gasteiger partial charge is 0.292 e. The lowest BCUT2D eigenvalue weighted by Crippen LogP contribution is -2.75. The van der Waals surface area contributed by atoms with Crippen LogP contribution in [0.3, 0.4) is 0 Å². The molecule has 2 atom stereocenters. The molecule has 0 N–H and O–H groups in total. The van der Waals surface area contributed by atoms with E-state index in [0.717, 1.165) is 51.9 Å². The molecular weight excluding hydrogens is 396 g/mol. The van der Waals surface area contributed by atoms with Gasteiger partial charge in [0, 0.05) is 11.1 Å². The van der Waals surface area contributed by atoms with Crippen LogP contribution in [0.2, 0.25) is 0 Å². The van der Waals surface area contributed by atoms with E-state index in [0.29, 0.717) is 11.1 Å². The number of Topliss-reactive ketones (excluding diaryl/α,β-unsaturated/α-hetero) is 2. The fourth-order valence-corrected chi connectivity index (χ4v) is 5.77. The van der Waals surface area contributed by atoms with Crippen molar-refractivity contribution in [3.8, 4) is 0 Å². The molecule has 2 aromatic carbocycles. The van der Waals surface area contributed by atoms with E-state index in [2.05, 4.69) is 9.80 Å². The molecule has 2 heterocycles. The first-order valence-electron chi connectivity index (χ1n) is 12.2. The van der Waals surface area contributed by atoms with E-state index in [1.54, 1.807) is 0 Å². The van der Waals surface area contributed by atoms with Crippen LogP contribution in [-0.2, 0) is 0 Å². The molecule has 0 saturated carbocycles. The molecule has 0 aliphatic carbocycles. The standard InChI is InChI=1S/C28H36N2O2/c1-27(29-19-11-5-12-20-29,25(31)23-15-7-3-8-16-23)28(2,30-21-13-6-14-22-30)26(32)24-17-9-4-10-18-24/h3-4,7-10,15-18H,5-6,11-14,19-22H2,1-2H3. The number of piperidine rings is 2. The van der Waals surface area contributed by atoms with Crippen LogP contribution in [0.25, 0.3) is 0 Å². The average Bonchev–Trinajstić information content (AvgIpc) is 2.88. The topological polar surface area (TPSA) is 40.6 Å². The number of hydrogen-bond donors (Lipinski definition) is 0. The molecule has 0 amide bonds. The van der Waals surface area contributed by atoms with Crippen molar-refractivity contribution in [1.82, 2.24) is 9.80 Å². The predicted octanol–water partition coefficient (Wildman–Crippen LogP) is 5.24. The number of carbonyl (C=O) groups excluding carboxylic acids is 2. The molecule has 2 aliphatic heterocycles. The van der Waals surface area contributed by atoms with Crippen molar-refractivity contribution in [2.75, 3.05) is 26.2 Å². The molecule has 2 aliphatic rings. The van der Waals surface area contributed by atoms with E-state index in [4.69, 9.17) is 0 Å². The van der Waals surface area contributed by atoms with E-state index < -0.39 is 11.1 Å². The Hall–Kier alpha value is -2.30. The SMILES string of the molecule is CC(C(=O)c1ccccc1)(N1CCCCC1)C(C)(C(=O)c1ccccc1)N1CCCCC1. The maximum atomic E-state index is 14.4. The maximum Gasteiger partial charge on any atom is 0.185 e. The quantitative estimate of drug-likeness (QED) is 0.561. The molecule has 170 valence electrons. The van der Waals surface area contributed by atoms with Gasteiger partial charge in [-0.2, -0.15) is 0 Å². The highest BCUT2D eigenvalue weighted by Crippen LogP contribution is 2.42. The van der Waals surface area contributed by atoms with Gasteiger partial charge in [0.05, 0.1) is 0 Å². The van der Waals surface area contributed by atoms with Crippen molar-refractivity contribution in [2.45, 2.75) is 63.5 Å². The molecule has 2 fully saturated rings. The smallest absolute Gasteiger partial charge is 0.185 e. The van der Waals surface area contributed by atoms with Crippen molar-refractivity contribution in [3.63, 3.8) is 0 Å². The summed E-state index contributed by atoms with van der Waals surface area (Å²) in [4.78, 5) is 33.4. The highest BCUT2D eigenvalue weighted by atomic mass is 16.1. The normalized spacial score (nSPS) is 21.9. The van der Waals surface area contributed by atoms with E-state index in [9.17, 15) is 9.59 Å². The Morgan fingerprint density at radius 3 is 1.19 bits per heavy atom. The summed E-state index contributed by atoms with van der Waals surface area (Å²) >= 11 is 0. The number of carbonyl (C=O) groups is 2. The second kappa shape index (κ2) is 9.68. The third kappa shape index (κ3) is 3.95. The zero-order valence-corrected chi connectivity index (χ0v) is 19.6. The van der Waals surface area contributed by atoms with Crippen LogP contribution in [0.4, 0.5) is 0 Å². The van der Waals surface area contributed by atoms with Crippen molar-refractivity contribution >= 4 is 11.6 Å². The number of rotatable bonds is 7. The molecule has 32 heavy (non-hydrogen) atoms. The molecule has 0 bridgehead atoms. The highest BCUT2D eigenvalue weighted by molar-refractivity contribution is 6.13. The van der Waals surface area contributed by atoms with Gasteiger partial charge < -0.3 is 0 Å². The Balaban J connectivity index is 1.89. The summed E-state index contributed by atoms with van der Waals surface area (Å²) in [5.41, 5.74) is -0.549. The zero-order chi connectivity index (χ0) is 22.6. The lowest BCUT2D eigenvalue weighted by Gasteiger charge is -2.57. The number of nitrogens with zero attached hydrogens (tertiary/aromatic N) is 2. The van der Waals surface area contributed by atoms with Crippen LogP contribution in [0.5, 0.6) is 0 Å². The third-order valence-corrected chi connectivity index (χ3v) is 7.88. The Labute approximate surface area is 192 Å². The van der Waals surface area contributed by atoms with Crippen LogP contribution in [0.1, 0.15) is 73.1 Å². The van der Waals surface area contributed by atoms with Gasteiger partial charge in [-0.05, 0) is 65.7 Å². The minimum absolute atomic E-state index is 0.0531. The maximum absolute atomic E-state index is 14.4. The summed E-state index contributed by atoms with van der Waals surface area (Å²) in [6.07, 6.45) is 6.61. The number of benzene rings is 2. The molecule has 4 nitrogen and oxygen atoms in total. The van der Waals surface area contributed by atoms with Crippen molar-refractivity contribution in [1.29, 1.82) is 0 Å². The van der Waals surface area contributed by atoms with E-state index in [1.165, 1.54) is 12.8 Å². The number of ketones is 2. The van der Waals surface area contributed by atoms with Gasteiger partial charge in [0.15, 0.2) is 11.6 Å². The Morgan fingerprint density at radius 2 is 0.875 bits per heavy atom. The summed E-state index contributed by atoms with van der Waals surface area (Å²) in [5.74, 6) is 0.106. The minimum atomic E-state index is -0.959. The van der Waals surface area contributed by atoms with Crippen molar-refractivity contribution < 1.29 is 9.59 Å². The van der Waals surface area contributed by atoms with Crippen LogP contribution < -0.4 is 0 Å². The van der Waals surface area contributed by atoms with E-state index in [-0.39, 0.29) is 11.6 Å². The first kappa shape index (κ1) is 22.9. The molecule has 2 saturated heterocycles. The highest BCUT2D eigenvalue weighted by Gasteiger charge is 2.60. The number of likely N-dealkylation sites (tertiary alicyclic amines) is 2. The molecule has 4 heteroatoms. The predicted molar refractivity (Wildman–Crippen MR) is 129 cm³/mol. The van der Waals surface area contributed by atoms with Gasteiger partial charge >= 0.3 is 0 Å². The molecular formula is C28H36N2O2. The minimum Gasteiger partial charge on any atom is -0.292 e. The lowest BCUT2D eigenvalue weighted by molar-refractivity contribution is -0.0385. The zero-order valence-electron chi connectivity index (χ0n) is 19.6. The van der Waals surface area contributed by atoms with Gasteiger partial charge in [0.2, 0.25) is 0 Å². The Morgan fingerprint density at radius 1 is 0.562 bits per heavy atom. The summed E-state index contributed by atoms with van der Waals surface area (Å²) in [5, 5.41) is 0.